The van der Waals surface area contributed by atoms with E-state index in [2.05, 4.69) is 33.5 Å². The molecule has 0 amide bonds. The lowest BCUT2D eigenvalue weighted by Crippen LogP contribution is -2.34. The first-order chi connectivity index (χ1) is 5.79. The molecule has 13 heavy (non-hydrogen) atoms. The minimum atomic E-state index is -1.33. The quantitative estimate of drug-likeness (QED) is 0.618. The van der Waals surface area contributed by atoms with Crippen molar-refractivity contribution in [2.24, 2.45) is 11.3 Å². The molecule has 0 saturated heterocycles. The molecular weight excluding hydrogens is 176 g/mol. The van der Waals surface area contributed by atoms with Gasteiger partial charge in [0.25, 0.3) is 0 Å². The van der Waals surface area contributed by atoms with Gasteiger partial charge in [0.1, 0.15) is 0 Å². The van der Waals surface area contributed by atoms with Crippen LogP contribution < -0.4 is 0 Å². The first kappa shape index (κ1) is 9.72. The molecule has 2 fully saturated rings. The van der Waals surface area contributed by atoms with E-state index >= 15 is 0 Å². The van der Waals surface area contributed by atoms with Crippen molar-refractivity contribution in [3.8, 4) is 0 Å². The Hall–Kier alpha value is 0.177. The van der Waals surface area contributed by atoms with Crippen molar-refractivity contribution in [2.75, 3.05) is 0 Å². The Morgan fingerprint density at radius 1 is 1.31 bits per heavy atom. The van der Waals surface area contributed by atoms with Gasteiger partial charge < -0.3 is 4.43 Å². The standard InChI is InChI=1S/C11H22OSi/c1-9-6-7-11(8-10(9,11)2)12-13(3,4)5/h9H,6-8H2,1-5H3/t9?,10-,11+/m1/s1. The van der Waals surface area contributed by atoms with Gasteiger partial charge in [-0.1, -0.05) is 13.8 Å². The zero-order valence-corrected chi connectivity index (χ0v) is 10.6. The highest BCUT2D eigenvalue weighted by molar-refractivity contribution is 6.69. The van der Waals surface area contributed by atoms with Crippen LogP contribution in [0.2, 0.25) is 19.6 Å². The normalized spacial score (nSPS) is 49.2. The second kappa shape index (κ2) is 2.40. The van der Waals surface area contributed by atoms with Gasteiger partial charge in [-0.15, -0.1) is 0 Å². The fourth-order valence-corrected chi connectivity index (χ4v) is 4.68. The smallest absolute Gasteiger partial charge is 0.184 e. The number of hydrogen-bond donors (Lipinski definition) is 0. The minimum absolute atomic E-state index is 0.316. The molecule has 0 aliphatic heterocycles. The zero-order chi connectivity index (χ0) is 9.91. The topological polar surface area (TPSA) is 9.23 Å². The summed E-state index contributed by atoms with van der Waals surface area (Å²) in [6.45, 7) is 11.7. The number of fused-ring (bicyclic) bond motifs is 1. The van der Waals surface area contributed by atoms with Gasteiger partial charge in [-0.25, -0.2) is 0 Å². The van der Waals surface area contributed by atoms with Gasteiger partial charge in [0.15, 0.2) is 8.32 Å². The molecule has 2 aliphatic carbocycles. The van der Waals surface area contributed by atoms with Crippen LogP contribution in [0.3, 0.4) is 0 Å². The van der Waals surface area contributed by atoms with Crippen molar-refractivity contribution in [3.63, 3.8) is 0 Å². The third-order valence-corrected chi connectivity index (χ3v) is 5.14. The van der Waals surface area contributed by atoms with Gasteiger partial charge >= 0.3 is 0 Å². The van der Waals surface area contributed by atoms with E-state index in [1.165, 1.54) is 19.3 Å². The Balaban J connectivity index is 2.11. The van der Waals surface area contributed by atoms with Gasteiger partial charge in [0.2, 0.25) is 0 Å². The summed E-state index contributed by atoms with van der Waals surface area (Å²) >= 11 is 0. The van der Waals surface area contributed by atoms with Crippen LogP contribution in [0.5, 0.6) is 0 Å². The fourth-order valence-electron chi connectivity index (χ4n) is 3.10. The van der Waals surface area contributed by atoms with E-state index in [-0.39, 0.29) is 0 Å². The van der Waals surface area contributed by atoms with E-state index in [0.29, 0.717) is 11.0 Å². The molecule has 1 nitrogen and oxygen atoms in total. The largest absolute Gasteiger partial charge is 0.412 e. The lowest BCUT2D eigenvalue weighted by molar-refractivity contribution is 0.137. The lowest BCUT2D eigenvalue weighted by Gasteiger charge is -2.27. The van der Waals surface area contributed by atoms with Gasteiger partial charge in [-0.05, 0) is 44.8 Å². The maximum Gasteiger partial charge on any atom is 0.184 e. The maximum absolute atomic E-state index is 6.37. The second-order valence-electron chi connectivity index (χ2n) is 6.24. The van der Waals surface area contributed by atoms with E-state index in [4.69, 9.17) is 4.43 Å². The highest BCUT2D eigenvalue weighted by atomic mass is 28.4. The Bertz CT molecular complexity index is 229. The van der Waals surface area contributed by atoms with Crippen molar-refractivity contribution in [1.82, 2.24) is 0 Å². The first-order valence-electron chi connectivity index (χ1n) is 5.49. The van der Waals surface area contributed by atoms with Crippen LogP contribution in [0.1, 0.15) is 33.1 Å². The van der Waals surface area contributed by atoms with Gasteiger partial charge in [-0.2, -0.15) is 0 Å². The summed E-state index contributed by atoms with van der Waals surface area (Å²) in [5, 5.41) is 0. The molecule has 0 radical (unpaired) electrons. The third kappa shape index (κ3) is 1.30. The molecular formula is C11H22OSi. The Morgan fingerprint density at radius 2 is 1.92 bits per heavy atom. The summed E-state index contributed by atoms with van der Waals surface area (Å²) in [6, 6.07) is 0. The molecule has 2 aliphatic rings. The van der Waals surface area contributed by atoms with Crippen molar-refractivity contribution in [1.29, 1.82) is 0 Å². The van der Waals surface area contributed by atoms with Crippen LogP contribution in [0.4, 0.5) is 0 Å². The van der Waals surface area contributed by atoms with Crippen molar-refractivity contribution in [3.05, 3.63) is 0 Å². The molecule has 2 rings (SSSR count). The Labute approximate surface area is 83.0 Å². The summed E-state index contributed by atoms with van der Waals surface area (Å²) in [4.78, 5) is 0. The van der Waals surface area contributed by atoms with Crippen LogP contribution in [-0.4, -0.2) is 13.9 Å². The van der Waals surface area contributed by atoms with E-state index < -0.39 is 8.32 Å². The summed E-state index contributed by atoms with van der Waals surface area (Å²) in [7, 11) is -1.33. The van der Waals surface area contributed by atoms with Crippen molar-refractivity contribution in [2.45, 2.75) is 58.4 Å². The molecule has 0 N–H and O–H groups in total. The lowest BCUT2D eigenvalue weighted by atomic mass is 9.94. The third-order valence-electron chi connectivity index (χ3n) is 4.14. The van der Waals surface area contributed by atoms with Crippen molar-refractivity contribution >= 4 is 8.32 Å². The van der Waals surface area contributed by atoms with Crippen molar-refractivity contribution < 1.29 is 4.43 Å². The molecule has 1 unspecified atom stereocenters. The number of hydrogen-bond acceptors (Lipinski definition) is 1. The van der Waals surface area contributed by atoms with E-state index in [1.54, 1.807) is 0 Å². The van der Waals surface area contributed by atoms with Crippen LogP contribution in [0.15, 0.2) is 0 Å². The maximum atomic E-state index is 6.37. The molecule has 76 valence electrons. The molecule has 0 heterocycles. The molecule has 2 heteroatoms. The predicted molar refractivity (Wildman–Crippen MR) is 58.3 cm³/mol. The van der Waals surface area contributed by atoms with E-state index in [0.717, 1.165) is 5.92 Å². The molecule has 0 aromatic carbocycles. The highest BCUT2D eigenvalue weighted by Crippen LogP contribution is 2.71. The van der Waals surface area contributed by atoms with Gasteiger partial charge in [0.05, 0.1) is 5.60 Å². The summed E-state index contributed by atoms with van der Waals surface area (Å²) in [5.74, 6) is 0.879. The SMILES string of the molecule is CC1CC[C@]2(O[Si](C)(C)C)C[C@]12C. The van der Waals surface area contributed by atoms with Gasteiger partial charge in [-0.3, -0.25) is 0 Å². The molecule has 0 aromatic rings. The molecule has 3 atom stereocenters. The van der Waals surface area contributed by atoms with Crippen LogP contribution in [0.25, 0.3) is 0 Å². The monoisotopic (exact) mass is 198 g/mol. The Kier molecular flexibility index (Phi) is 1.79. The average Bonchev–Trinajstić information content (AvgIpc) is 2.42. The molecule has 0 bridgehead atoms. The predicted octanol–water partition coefficient (Wildman–Crippen LogP) is 3.42. The Morgan fingerprint density at radius 3 is 2.23 bits per heavy atom. The minimum Gasteiger partial charge on any atom is -0.412 e. The second-order valence-corrected chi connectivity index (χ2v) is 10.7. The summed E-state index contributed by atoms with van der Waals surface area (Å²) in [6.07, 6.45) is 4.02. The first-order valence-corrected chi connectivity index (χ1v) is 8.90. The fraction of sp³-hybridized carbons (Fsp3) is 1.00. The molecule has 0 spiro atoms. The van der Waals surface area contributed by atoms with Crippen LogP contribution >= 0.6 is 0 Å². The number of rotatable bonds is 2. The zero-order valence-electron chi connectivity index (χ0n) is 9.61. The summed E-state index contributed by atoms with van der Waals surface area (Å²) < 4.78 is 6.37. The van der Waals surface area contributed by atoms with Crippen LogP contribution in [0, 0.1) is 11.3 Å². The van der Waals surface area contributed by atoms with Gasteiger partial charge in [0, 0.05) is 5.41 Å². The highest BCUT2D eigenvalue weighted by Gasteiger charge is 2.71. The average molecular weight is 198 g/mol. The van der Waals surface area contributed by atoms with Crippen LogP contribution in [-0.2, 0) is 4.43 Å². The molecule has 0 aromatic heterocycles. The summed E-state index contributed by atoms with van der Waals surface area (Å²) in [5.41, 5.74) is 0.851. The van der Waals surface area contributed by atoms with E-state index in [9.17, 15) is 0 Å². The molecule has 2 saturated carbocycles. The van der Waals surface area contributed by atoms with E-state index in [1.807, 2.05) is 0 Å².